The van der Waals surface area contributed by atoms with Crippen molar-refractivity contribution in [2.45, 2.75) is 52.2 Å². The molecule has 20 heavy (non-hydrogen) atoms. The SMILES string of the molecule is CCCNC(Cc1cc(F)ccc1Br)C(CC)OCC. The molecule has 1 N–H and O–H groups in total. The van der Waals surface area contributed by atoms with E-state index >= 15 is 0 Å². The molecule has 0 aliphatic rings. The Morgan fingerprint density at radius 2 is 2.05 bits per heavy atom. The van der Waals surface area contributed by atoms with Gasteiger partial charge in [0.1, 0.15) is 5.82 Å². The quantitative estimate of drug-likeness (QED) is 0.719. The maximum Gasteiger partial charge on any atom is 0.123 e. The molecule has 0 fully saturated rings. The fraction of sp³-hybridized carbons (Fsp3) is 0.625. The molecule has 0 aliphatic heterocycles. The fourth-order valence-corrected chi connectivity index (χ4v) is 2.74. The minimum Gasteiger partial charge on any atom is -0.377 e. The molecule has 0 aromatic heterocycles. The largest absolute Gasteiger partial charge is 0.377 e. The minimum absolute atomic E-state index is 0.154. The third-order valence-electron chi connectivity index (χ3n) is 3.34. The van der Waals surface area contributed by atoms with Gasteiger partial charge in [0.2, 0.25) is 0 Å². The first-order valence-corrected chi connectivity index (χ1v) is 8.20. The Labute approximate surface area is 130 Å². The van der Waals surface area contributed by atoms with Gasteiger partial charge in [-0.05, 0) is 56.5 Å². The predicted molar refractivity (Wildman–Crippen MR) is 85.6 cm³/mol. The Morgan fingerprint density at radius 1 is 1.30 bits per heavy atom. The molecular weight excluding hydrogens is 321 g/mol. The molecule has 2 atom stereocenters. The number of rotatable bonds is 9. The van der Waals surface area contributed by atoms with Gasteiger partial charge in [-0.25, -0.2) is 4.39 Å². The van der Waals surface area contributed by atoms with Crippen LogP contribution in [0.4, 0.5) is 4.39 Å². The van der Waals surface area contributed by atoms with Gasteiger partial charge in [0, 0.05) is 17.1 Å². The van der Waals surface area contributed by atoms with Gasteiger partial charge >= 0.3 is 0 Å². The lowest BCUT2D eigenvalue weighted by molar-refractivity contribution is 0.0319. The summed E-state index contributed by atoms with van der Waals surface area (Å²) in [7, 11) is 0. The van der Waals surface area contributed by atoms with Crippen LogP contribution in [0.15, 0.2) is 22.7 Å². The normalized spacial score (nSPS) is 14.2. The first kappa shape index (κ1) is 17.6. The number of benzene rings is 1. The van der Waals surface area contributed by atoms with Gasteiger partial charge in [0.25, 0.3) is 0 Å². The standard InChI is InChI=1S/C16H25BrFNO/c1-4-9-19-15(16(5-2)20-6-3)11-12-10-13(18)7-8-14(12)17/h7-8,10,15-16,19H,4-6,9,11H2,1-3H3. The highest BCUT2D eigenvalue weighted by Gasteiger charge is 2.21. The molecule has 0 heterocycles. The van der Waals surface area contributed by atoms with Crippen molar-refractivity contribution in [3.8, 4) is 0 Å². The van der Waals surface area contributed by atoms with E-state index < -0.39 is 0 Å². The summed E-state index contributed by atoms with van der Waals surface area (Å²) >= 11 is 3.50. The Bertz CT molecular complexity index is 400. The average Bonchev–Trinajstić information content (AvgIpc) is 2.44. The van der Waals surface area contributed by atoms with Crippen molar-refractivity contribution < 1.29 is 9.13 Å². The van der Waals surface area contributed by atoms with Gasteiger partial charge in [-0.15, -0.1) is 0 Å². The minimum atomic E-state index is -0.193. The molecule has 2 unspecified atom stereocenters. The van der Waals surface area contributed by atoms with Crippen LogP contribution in [-0.2, 0) is 11.2 Å². The van der Waals surface area contributed by atoms with Gasteiger partial charge in [-0.3, -0.25) is 0 Å². The molecule has 0 bridgehead atoms. The monoisotopic (exact) mass is 345 g/mol. The van der Waals surface area contributed by atoms with Crippen LogP contribution < -0.4 is 5.32 Å². The Balaban J connectivity index is 2.84. The fourth-order valence-electron chi connectivity index (χ4n) is 2.33. The van der Waals surface area contributed by atoms with Crippen molar-refractivity contribution in [3.63, 3.8) is 0 Å². The van der Waals surface area contributed by atoms with Crippen molar-refractivity contribution >= 4 is 15.9 Å². The Hall–Kier alpha value is -0.450. The average molecular weight is 346 g/mol. The van der Waals surface area contributed by atoms with E-state index in [-0.39, 0.29) is 18.0 Å². The molecule has 1 rings (SSSR count). The smallest absolute Gasteiger partial charge is 0.123 e. The molecule has 0 saturated heterocycles. The molecule has 0 spiro atoms. The summed E-state index contributed by atoms with van der Waals surface area (Å²) in [5, 5.41) is 3.53. The van der Waals surface area contributed by atoms with Gasteiger partial charge in [0.05, 0.1) is 6.10 Å². The molecular formula is C16H25BrFNO. The molecule has 0 radical (unpaired) electrons. The van der Waals surface area contributed by atoms with E-state index in [1.165, 1.54) is 6.07 Å². The van der Waals surface area contributed by atoms with Crippen LogP contribution >= 0.6 is 15.9 Å². The highest BCUT2D eigenvalue weighted by molar-refractivity contribution is 9.10. The van der Waals surface area contributed by atoms with E-state index in [0.29, 0.717) is 6.61 Å². The molecule has 0 amide bonds. The second-order valence-corrected chi connectivity index (χ2v) is 5.76. The summed E-state index contributed by atoms with van der Waals surface area (Å²) in [6.07, 6.45) is 2.93. The summed E-state index contributed by atoms with van der Waals surface area (Å²) in [5.41, 5.74) is 0.983. The van der Waals surface area contributed by atoms with Crippen molar-refractivity contribution in [1.29, 1.82) is 0 Å². The molecule has 1 aromatic rings. The van der Waals surface area contributed by atoms with Crippen molar-refractivity contribution in [2.24, 2.45) is 0 Å². The third-order valence-corrected chi connectivity index (χ3v) is 4.11. The second-order valence-electron chi connectivity index (χ2n) is 4.90. The highest BCUT2D eigenvalue weighted by atomic mass is 79.9. The zero-order chi connectivity index (χ0) is 15.0. The number of halogens is 2. The van der Waals surface area contributed by atoms with E-state index in [1.807, 2.05) is 6.92 Å². The Morgan fingerprint density at radius 3 is 2.65 bits per heavy atom. The highest BCUT2D eigenvalue weighted by Crippen LogP contribution is 2.21. The van der Waals surface area contributed by atoms with E-state index in [9.17, 15) is 4.39 Å². The van der Waals surface area contributed by atoms with Gasteiger partial charge in [-0.2, -0.15) is 0 Å². The maximum absolute atomic E-state index is 13.4. The topological polar surface area (TPSA) is 21.3 Å². The van der Waals surface area contributed by atoms with Crippen LogP contribution in [0, 0.1) is 5.82 Å². The van der Waals surface area contributed by atoms with Crippen LogP contribution in [-0.4, -0.2) is 25.3 Å². The predicted octanol–water partition coefficient (Wildman–Crippen LogP) is 4.31. The molecule has 0 saturated carbocycles. The zero-order valence-corrected chi connectivity index (χ0v) is 14.2. The lowest BCUT2D eigenvalue weighted by atomic mass is 9.99. The zero-order valence-electron chi connectivity index (χ0n) is 12.6. The van der Waals surface area contributed by atoms with E-state index in [2.05, 4.69) is 35.1 Å². The number of hydrogen-bond acceptors (Lipinski definition) is 2. The van der Waals surface area contributed by atoms with Crippen molar-refractivity contribution in [2.75, 3.05) is 13.2 Å². The molecule has 2 nitrogen and oxygen atoms in total. The molecule has 1 aromatic carbocycles. The third kappa shape index (κ3) is 5.51. The van der Waals surface area contributed by atoms with Crippen LogP contribution in [0.5, 0.6) is 0 Å². The summed E-state index contributed by atoms with van der Waals surface area (Å²) < 4.78 is 20.2. The summed E-state index contributed by atoms with van der Waals surface area (Å²) in [6.45, 7) is 7.93. The van der Waals surface area contributed by atoms with Crippen LogP contribution in [0.3, 0.4) is 0 Å². The molecule has 4 heteroatoms. The van der Waals surface area contributed by atoms with Crippen molar-refractivity contribution in [1.82, 2.24) is 5.32 Å². The first-order valence-electron chi connectivity index (χ1n) is 7.41. The van der Waals surface area contributed by atoms with E-state index in [4.69, 9.17) is 4.74 Å². The van der Waals surface area contributed by atoms with Crippen molar-refractivity contribution in [3.05, 3.63) is 34.1 Å². The Kier molecular flexibility index (Phi) is 8.34. The lowest BCUT2D eigenvalue weighted by Gasteiger charge is -2.27. The van der Waals surface area contributed by atoms with Gasteiger partial charge in [0.15, 0.2) is 0 Å². The molecule has 114 valence electrons. The summed E-state index contributed by atoms with van der Waals surface area (Å²) in [4.78, 5) is 0. The van der Waals surface area contributed by atoms with E-state index in [0.717, 1.165) is 35.8 Å². The van der Waals surface area contributed by atoms with Gasteiger partial charge < -0.3 is 10.1 Å². The summed E-state index contributed by atoms with van der Waals surface area (Å²) in [6, 6.07) is 5.05. The van der Waals surface area contributed by atoms with E-state index in [1.54, 1.807) is 12.1 Å². The number of ether oxygens (including phenoxy) is 1. The molecule has 0 aliphatic carbocycles. The first-order chi connectivity index (χ1) is 9.62. The second kappa shape index (κ2) is 9.48. The lowest BCUT2D eigenvalue weighted by Crippen LogP contribution is -2.43. The summed E-state index contributed by atoms with van der Waals surface area (Å²) in [5.74, 6) is -0.193. The number of nitrogens with one attached hydrogen (secondary N) is 1. The number of hydrogen-bond donors (Lipinski definition) is 1. The maximum atomic E-state index is 13.4. The van der Waals surface area contributed by atoms with Crippen LogP contribution in [0.1, 0.15) is 39.2 Å². The van der Waals surface area contributed by atoms with Crippen LogP contribution in [0.2, 0.25) is 0 Å². The van der Waals surface area contributed by atoms with Gasteiger partial charge in [-0.1, -0.05) is 29.8 Å². The van der Waals surface area contributed by atoms with Crippen LogP contribution in [0.25, 0.3) is 0 Å².